The van der Waals surface area contributed by atoms with Crippen molar-refractivity contribution in [3.8, 4) is 0 Å². The molecular formula is C90H163N23O26S. The Morgan fingerprint density at radius 1 is 0.307 bits per heavy atom. The van der Waals surface area contributed by atoms with Crippen molar-refractivity contribution in [3.63, 3.8) is 0 Å². The van der Waals surface area contributed by atoms with Gasteiger partial charge in [-0.25, -0.2) is 4.79 Å². The van der Waals surface area contributed by atoms with Gasteiger partial charge in [-0.15, -0.1) is 0 Å². The van der Waals surface area contributed by atoms with Gasteiger partial charge in [0.1, 0.15) is 103 Å². The van der Waals surface area contributed by atoms with Gasteiger partial charge >= 0.3 is 5.97 Å². The number of thioether (sulfide) groups is 1. The Kier molecular flexibility index (Phi) is 62.8. The Balaban J connectivity index is 6.64. The predicted molar refractivity (Wildman–Crippen MR) is 518 cm³/mol. The summed E-state index contributed by atoms with van der Waals surface area (Å²) in [7, 11) is 0. The minimum atomic E-state index is -1.84. The van der Waals surface area contributed by atoms with Gasteiger partial charge in [-0.3, -0.25) is 95.9 Å². The highest BCUT2D eigenvalue weighted by Gasteiger charge is 2.41. The highest BCUT2D eigenvalue weighted by Crippen LogP contribution is 2.18. The van der Waals surface area contributed by atoms with E-state index in [4.69, 9.17) is 22.9 Å². The first-order chi connectivity index (χ1) is 65.5. The molecule has 0 aromatic heterocycles. The van der Waals surface area contributed by atoms with Crippen molar-refractivity contribution < 1.29 is 126 Å². The minimum Gasteiger partial charge on any atom is -0.480 e. The van der Waals surface area contributed by atoms with Crippen LogP contribution in [0.25, 0.3) is 0 Å². The summed E-state index contributed by atoms with van der Waals surface area (Å²) < 4.78 is 0. The monoisotopic (exact) mass is 2010 g/mol. The molecule has 32 N–H and O–H groups in total. The average molecular weight is 2020 g/mol. The molecule has 0 saturated heterocycles. The van der Waals surface area contributed by atoms with Crippen molar-refractivity contribution in [3.05, 3.63) is 0 Å². The van der Waals surface area contributed by atoms with E-state index in [0.717, 1.165) is 0 Å². The van der Waals surface area contributed by atoms with Crippen molar-refractivity contribution in [1.82, 2.24) is 101 Å². The van der Waals surface area contributed by atoms with Gasteiger partial charge in [0, 0.05) is 6.42 Å². The number of amides is 20. The molecule has 19 atom stereocenters. The summed E-state index contributed by atoms with van der Waals surface area (Å²) in [5, 5.41) is 98.1. The van der Waals surface area contributed by atoms with Crippen molar-refractivity contribution in [2.45, 2.75) is 330 Å². The third-order valence-corrected chi connectivity index (χ3v) is 22.7. The van der Waals surface area contributed by atoms with E-state index in [0.29, 0.717) is 25.0 Å². The van der Waals surface area contributed by atoms with E-state index >= 15 is 0 Å². The maximum Gasteiger partial charge on any atom is 0.326 e. The van der Waals surface area contributed by atoms with Gasteiger partial charge < -0.3 is 149 Å². The second-order valence-corrected chi connectivity index (χ2v) is 38.8. The third kappa shape index (κ3) is 50.9. The molecule has 49 nitrogen and oxygen atoms in total. The molecule has 50 heteroatoms. The first-order valence-electron chi connectivity index (χ1n) is 47.8. The van der Waals surface area contributed by atoms with Crippen molar-refractivity contribution in [2.75, 3.05) is 64.6 Å². The Bertz CT molecular complexity index is 4030. The summed E-state index contributed by atoms with van der Waals surface area (Å²) in [5.74, 6) is -22.6. The molecule has 20 amide bonds. The molecular weight excluding hydrogens is 1850 g/mol. The molecule has 0 spiro atoms. The summed E-state index contributed by atoms with van der Waals surface area (Å²) in [6.07, 6.45) is 0.760. The van der Waals surface area contributed by atoms with Crippen LogP contribution in [-0.4, -0.2) is 323 Å². The predicted octanol–water partition coefficient (Wildman–Crippen LogP) is -7.25. The zero-order valence-corrected chi connectivity index (χ0v) is 85.3. The fourth-order valence-electron chi connectivity index (χ4n) is 13.8. The van der Waals surface area contributed by atoms with Gasteiger partial charge in [0.25, 0.3) is 0 Å². The van der Waals surface area contributed by atoms with Crippen LogP contribution in [0.5, 0.6) is 0 Å². The minimum absolute atomic E-state index is 0.00322. The van der Waals surface area contributed by atoms with E-state index in [-0.39, 0.29) is 113 Å². The maximum atomic E-state index is 14.4. The lowest BCUT2D eigenvalue weighted by Gasteiger charge is -2.31. The molecule has 0 fully saturated rings. The molecule has 0 aromatic carbocycles. The molecule has 140 heavy (non-hydrogen) atoms. The first kappa shape index (κ1) is 129. The maximum absolute atomic E-state index is 14.4. The van der Waals surface area contributed by atoms with Crippen LogP contribution < -0.4 is 124 Å². The number of hydrogen-bond acceptors (Lipinski definition) is 29. The van der Waals surface area contributed by atoms with Gasteiger partial charge in [-0.05, 0) is 170 Å². The summed E-state index contributed by atoms with van der Waals surface area (Å²) in [6, 6.07) is -24.9. The zero-order valence-electron chi connectivity index (χ0n) is 84.5. The smallest absolute Gasteiger partial charge is 0.326 e. The number of aliphatic hydroxyl groups is 4. The van der Waals surface area contributed by atoms with E-state index in [9.17, 15) is 126 Å². The SMILES string of the molecule is CC[C@H](C)[C@H](NC(=O)[C@H](CC(C)C)NC(=O)[C@H](C)NC(=O)[C@H](CCSC)NC(=O)[C@H](CCCCN)NC(=O)CNC(=O)[C@H](CC(C)C)NC(=O)[C@H](CO)NC(=O)[C@H](CC(C)C)NC(=O)[C@H](CO)NC(=O)[C@H](CC(C)C)NC(=O)[C@H](CO)NC(=O)[C@H](CCCCN)NC(=O)[C@H](CCC(N)=O)NC(=O)[C@@H](N)[C@@H](C)O)C(=O)N[C@H](C(=O)N[C@@H](CC(C)C)C(=O)NCC(=O)NCC(=O)N[C@H](C(=O)O)C(C)C)C(C)C. The largest absolute Gasteiger partial charge is 0.480 e. The lowest BCUT2D eigenvalue weighted by atomic mass is 9.95. The third-order valence-electron chi connectivity index (χ3n) is 22.0. The topological polar surface area (TPSA) is 792 Å². The highest BCUT2D eigenvalue weighted by atomic mass is 32.2. The summed E-state index contributed by atoms with van der Waals surface area (Å²) in [4.78, 5) is 286. The number of carboxylic acid groups (broad SMARTS) is 1. The second-order valence-electron chi connectivity index (χ2n) is 37.8. The summed E-state index contributed by atoms with van der Waals surface area (Å²) in [6.45, 7) is 24.7. The standard InChI is InChI=1S/C90H163N23O26S/c1-20-51(16)73(89(137)112-71(49(12)13)88(136)107-59(34-45(4)5)76(124)96-38-67(119)95-39-69(121)111-72(50(14)15)90(138)139)113-83(131)62(37-48(10)11)103-74(122)52(17)98-77(125)57(29-32-140-19)101-78(126)54(25-21-23-30-91)99-68(120)40-97-75(123)58(33-44(2)3)104-84(132)64(42-115)109-81(129)61(36-47(8)9)106-86(134)65(43-116)110-82(130)60(35-46(6)7)105-85(133)63(41-114)108-79(127)55(26-22-24-31-92)100-80(128)56(27-28-66(93)118)102-87(135)70(94)53(18)117/h44-65,70-73,114-117H,20-43,91-92,94H2,1-19H3,(H2,93,118)(H,95,119)(H,96,124)(H,97,123)(H,98,125)(H,99,120)(H,100,128)(H,101,126)(H,102,135)(H,103,122)(H,104,132)(H,105,133)(H,106,134)(H,107,136)(H,108,127)(H,109,129)(H,110,130)(H,111,121)(H,112,137)(H,113,131)(H,138,139)/t51-,52-,53+,54-,55-,56-,57-,58-,59-,60-,61-,62-,63-,64-,65-,70-,71-,72-,73-/m0/s1. The van der Waals surface area contributed by atoms with Gasteiger partial charge in [-0.1, -0.05) is 117 Å². The van der Waals surface area contributed by atoms with E-state index in [1.165, 1.54) is 25.6 Å². The van der Waals surface area contributed by atoms with Crippen LogP contribution >= 0.6 is 11.8 Å². The number of carboxylic acids is 1. The van der Waals surface area contributed by atoms with E-state index in [2.05, 4.69) is 101 Å². The van der Waals surface area contributed by atoms with Gasteiger partial charge in [0.05, 0.1) is 45.6 Å². The van der Waals surface area contributed by atoms with Crippen LogP contribution in [0.1, 0.15) is 221 Å². The van der Waals surface area contributed by atoms with Crippen LogP contribution in [0, 0.1) is 47.3 Å². The molecule has 0 rings (SSSR count). The molecule has 0 heterocycles. The van der Waals surface area contributed by atoms with Crippen LogP contribution in [0.2, 0.25) is 0 Å². The Morgan fingerprint density at radius 2 is 0.600 bits per heavy atom. The number of rotatable bonds is 71. The molecule has 0 bridgehead atoms. The van der Waals surface area contributed by atoms with Crippen LogP contribution in [0.3, 0.4) is 0 Å². The lowest BCUT2D eigenvalue weighted by Crippen LogP contribution is -2.62. The number of aliphatic hydroxyl groups excluding tert-OH is 4. The van der Waals surface area contributed by atoms with Gasteiger partial charge in [-0.2, -0.15) is 11.8 Å². The summed E-state index contributed by atoms with van der Waals surface area (Å²) in [5.41, 5.74) is 22.5. The lowest BCUT2D eigenvalue weighted by molar-refractivity contribution is -0.143. The second kappa shape index (κ2) is 68.1. The number of primary amides is 1. The van der Waals surface area contributed by atoms with E-state index < -0.39 is 297 Å². The molecule has 0 aliphatic rings. The average Bonchev–Trinajstić information content (AvgIpc) is 0.830. The highest BCUT2D eigenvalue weighted by molar-refractivity contribution is 7.98. The Hall–Kier alpha value is -11.1. The molecule has 0 saturated carbocycles. The normalized spacial score (nSPS) is 15.5. The number of carbonyl (C=O) groups excluding carboxylic acids is 20. The number of hydrogen-bond donors (Lipinski definition) is 28. The van der Waals surface area contributed by atoms with E-state index in [1.54, 1.807) is 117 Å². The molecule has 800 valence electrons. The van der Waals surface area contributed by atoms with Crippen LogP contribution in [0.15, 0.2) is 0 Å². The van der Waals surface area contributed by atoms with Crippen LogP contribution in [-0.2, 0) is 101 Å². The van der Waals surface area contributed by atoms with E-state index in [1.807, 2.05) is 0 Å². The van der Waals surface area contributed by atoms with Gasteiger partial charge in [0.15, 0.2) is 0 Å². The molecule has 0 unspecified atom stereocenters. The fourth-order valence-corrected chi connectivity index (χ4v) is 14.3. The fraction of sp³-hybridized carbons (Fsp3) is 0.767. The number of nitrogens with two attached hydrogens (primary N) is 4. The van der Waals surface area contributed by atoms with Crippen molar-refractivity contribution in [2.24, 2.45) is 70.3 Å². The number of unbranched alkanes of at least 4 members (excludes halogenated alkanes) is 2. The molecule has 0 radical (unpaired) electrons. The van der Waals surface area contributed by atoms with Gasteiger partial charge in [0.2, 0.25) is 118 Å². The number of aliphatic carboxylic acids is 1. The molecule has 0 aromatic rings. The first-order valence-corrected chi connectivity index (χ1v) is 49.2. The molecule has 0 aliphatic carbocycles. The Morgan fingerprint density at radius 3 is 0.957 bits per heavy atom. The number of carbonyl (C=O) groups is 21. The van der Waals surface area contributed by atoms with Crippen molar-refractivity contribution in [1.29, 1.82) is 0 Å². The Labute approximate surface area is 824 Å². The zero-order chi connectivity index (χ0) is 107. The summed E-state index contributed by atoms with van der Waals surface area (Å²) >= 11 is 1.32. The molecule has 0 aliphatic heterocycles. The number of nitrogens with one attached hydrogen (secondary N) is 19. The van der Waals surface area contributed by atoms with Crippen LogP contribution in [0.4, 0.5) is 0 Å². The van der Waals surface area contributed by atoms with Crippen molar-refractivity contribution >= 4 is 136 Å². The quantitative estimate of drug-likeness (QED) is 0.0252.